The zero-order chi connectivity index (χ0) is 15.9. The fourth-order valence-electron chi connectivity index (χ4n) is 2.60. The molecular weight excluding hydrogens is 287 g/mol. The van der Waals surface area contributed by atoms with Gasteiger partial charge in [-0.15, -0.1) is 0 Å². The van der Waals surface area contributed by atoms with Crippen molar-refractivity contribution in [1.82, 2.24) is 10.6 Å². The van der Waals surface area contributed by atoms with Crippen LogP contribution in [0.1, 0.15) is 31.2 Å². The van der Waals surface area contributed by atoms with E-state index in [0.717, 1.165) is 24.9 Å². The average molecular weight is 308 g/mol. The minimum atomic E-state index is -1.02. The maximum absolute atomic E-state index is 12.8. The van der Waals surface area contributed by atoms with Crippen LogP contribution < -0.4 is 10.6 Å². The first-order valence-electron chi connectivity index (χ1n) is 7.57. The van der Waals surface area contributed by atoms with Crippen LogP contribution in [0.2, 0.25) is 0 Å². The molecule has 22 heavy (non-hydrogen) atoms. The van der Waals surface area contributed by atoms with Gasteiger partial charge >= 0.3 is 5.97 Å². The molecule has 1 aliphatic rings. The van der Waals surface area contributed by atoms with Crippen LogP contribution in [0.25, 0.3) is 0 Å². The van der Waals surface area contributed by atoms with Crippen molar-refractivity contribution in [3.05, 3.63) is 35.6 Å². The first kappa shape index (κ1) is 16.4. The molecule has 1 unspecified atom stereocenters. The normalized spacial score (nSPS) is 18.9. The largest absolute Gasteiger partial charge is 0.480 e. The van der Waals surface area contributed by atoms with Gasteiger partial charge in [0.05, 0.1) is 6.04 Å². The van der Waals surface area contributed by atoms with E-state index in [0.29, 0.717) is 19.3 Å². The molecule has 1 amide bonds. The summed E-state index contributed by atoms with van der Waals surface area (Å²) in [6.45, 7) is 0.792. The number of nitrogens with one attached hydrogen (secondary N) is 2. The summed E-state index contributed by atoms with van der Waals surface area (Å²) in [5.74, 6) is -1.55. The zero-order valence-corrected chi connectivity index (χ0v) is 12.3. The van der Waals surface area contributed by atoms with Gasteiger partial charge in [0.15, 0.2) is 0 Å². The smallest absolute Gasteiger partial charge is 0.326 e. The number of benzene rings is 1. The predicted octanol–water partition coefficient (Wildman–Crippen LogP) is 1.47. The number of rotatable bonds is 7. The number of carboxylic acid groups (broad SMARTS) is 1. The Balaban J connectivity index is 1.79. The molecule has 0 aliphatic carbocycles. The van der Waals surface area contributed by atoms with Gasteiger partial charge in [0.1, 0.15) is 11.9 Å². The third-order valence-corrected chi connectivity index (χ3v) is 3.86. The van der Waals surface area contributed by atoms with Gasteiger partial charge in [-0.05, 0) is 56.3 Å². The Bertz CT molecular complexity index is 513. The number of hydrogen-bond donors (Lipinski definition) is 3. The molecule has 6 heteroatoms. The highest BCUT2D eigenvalue weighted by atomic mass is 19.1. The molecule has 0 radical (unpaired) electrons. The second kappa shape index (κ2) is 7.89. The third kappa shape index (κ3) is 4.80. The molecule has 0 bridgehead atoms. The molecule has 0 saturated carbocycles. The molecule has 1 aromatic rings. The molecule has 120 valence electrons. The second-order valence-electron chi connectivity index (χ2n) is 5.57. The number of amides is 1. The van der Waals surface area contributed by atoms with Gasteiger partial charge in [-0.2, -0.15) is 0 Å². The van der Waals surface area contributed by atoms with E-state index in [-0.39, 0.29) is 17.8 Å². The van der Waals surface area contributed by atoms with E-state index >= 15 is 0 Å². The van der Waals surface area contributed by atoms with Crippen molar-refractivity contribution in [2.45, 2.75) is 44.2 Å². The summed E-state index contributed by atoms with van der Waals surface area (Å²) in [7, 11) is 0. The molecular formula is C16H21FN2O3. The van der Waals surface area contributed by atoms with Crippen molar-refractivity contribution in [3.63, 3.8) is 0 Å². The Kier molecular flexibility index (Phi) is 5.89. The molecule has 1 fully saturated rings. The van der Waals surface area contributed by atoms with Crippen molar-refractivity contribution in [2.75, 3.05) is 6.54 Å². The predicted molar refractivity (Wildman–Crippen MR) is 79.9 cm³/mol. The summed E-state index contributed by atoms with van der Waals surface area (Å²) < 4.78 is 12.8. The lowest BCUT2D eigenvalue weighted by molar-refractivity contribution is -0.142. The van der Waals surface area contributed by atoms with Gasteiger partial charge in [0.25, 0.3) is 0 Å². The highest BCUT2D eigenvalue weighted by Gasteiger charge is 2.26. The Morgan fingerprint density at radius 3 is 2.68 bits per heavy atom. The van der Waals surface area contributed by atoms with Crippen LogP contribution in [0.4, 0.5) is 4.39 Å². The topological polar surface area (TPSA) is 78.4 Å². The van der Waals surface area contributed by atoms with Crippen LogP contribution in [0, 0.1) is 5.82 Å². The molecule has 0 aromatic heterocycles. The van der Waals surface area contributed by atoms with Crippen LogP contribution in [0.15, 0.2) is 24.3 Å². The summed E-state index contributed by atoms with van der Waals surface area (Å²) in [4.78, 5) is 23.2. The average Bonchev–Trinajstić information content (AvgIpc) is 3.02. The van der Waals surface area contributed by atoms with Crippen LogP contribution in [-0.4, -0.2) is 35.6 Å². The monoisotopic (exact) mass is 308 g/mol. The number of carbonyl (C=O) groups is 2. The van der Waals surface area contributed by atoms with Gasteiger partial charge in [-0.3, -0.25) is 4.79 Å². The molecule has 5 nitrogen and oxygen atoms in total. The number of aliphatic carboxylic acids is 1. The Morgan fingerprint density at radius 2 is 2.09 bits per heavy atom. The van der Waals surface area contributed by atoms with E-state index in [1.54, 1.807) is 12.1 Å². The summed E-state index contributed by atoms with van der Waals surface area (Å²) in [5.41, 5.74) is 0.953. The minimum Gasteiger partial charge on any atom is -0.480 e. The van der Waals surface area contributed by atoms with Crippen molar-refractivity contribution < 1.29 is 19.1 Å². The number of carboxylic acids is 1. The lowest BCUT2D eigenvalue weighted by atomic mass is 10.0. The van der Waals surface area contributed by atoms with E-state index in [1.165, 1.54) is 12.1 Å². The summed E-state index contributed by atoms with van der Waals surface area (Å²) in [5, 5.41) is 14.9. The first-order valence-corrected chi connectivity index (χ1v) is 7.57. The van der Waals surface area contributed by atoms with Gasteiger partial charge in [0.2, 0.25) is 5.91 Å². The molecule has 1 aromatic carbocycles. The number of halogens is 1. The molecule has 1 saturated heterocycles. The second-order valence-corrected chi connectivity index (χ2v) is 5.57. The van der Waals surface area contributed by atoms with E-state index < -0.39 is 12.0 Å². The van der Waals surface area contributed by atoms with Crippen LogP contribution in [-0.2, 0) is 16.0 Å². The SMILES string of the molecule is O=C(O)C(CCCc1ccc(F)cc1)NC(=O)[C@@H]1CCCN1. The van der Waals surface area contributed by atoms with E-state index in [4.69, 9.17) is 0 Å². The Labute approximate surface area is 128 Å². The summed E-state index contributed by atoms with van der Waals surface area (Å²) in [6.07, 6.45) is 3.29. The van der Waals surface area contributed by atoms with Gasteiger partial charge in [0, 0.05) is 0 Å². The van der Waals surface area contributed by atoms with E-state index in [9.17, 15) is 19.1 Å². The van der Waals surface area contributed by atoms with Crippen molar-refractivity contribution in [2.24, 2.45) is 0 Å². The third-order valence-electron chi connectivity index (χ3n) is 3.86. The van der Waals surface area contributed by atoms with Crippen LogP contribution in [0.5, 0.6) is 0 Å². The number of carbonyl (C=O) groups excluding carboxylic acids is 1. The highest BCUT2D eigenvalue weighted by molar-refractivity contribution is 5.87. The molecule has 1 aliphatic heterocycles. The van der Waals surface area contributed by atoms with Gasteiger partial charge < -0.3 is 15.7 Å². The van der Waals surface area contributed by atoms with Gasteiger partial charge in [-0.1, -0.05) is 12.1 Å². The molecule has 0 spiro atoms. The molecule has 2 atom stereocenters. The Hall–Kier alpha value is -1.95. The minimum absolute atomic E-state index is 0.244. The van der Waals surface area contributed by atoms with Crippen LogP contribution >= 0.6 is 0 Å². The molecule has 3 N–H and O–H groups in total. The fourth-order valence-corrected chi connectivity index (χ4v) is 2.60. The first-order chi connectivity index (χ1) is 10.6. The zero-order valence-electron chi connectivity index (χ0n) is 12.3. The van der Waals surface area contributed by atoms with Crippen molar-refractivity contribution >= 4 is 11.9 Å². The summed E-state index contributed by atoms with van der Waals surface area (Å²) in [6, 6.07) is 4.99. The lowest BCUT2D eigenvalue weighted by Crippen LogP contribution is -2.48. The Morgan fingerprint density at radius 1 is 1.36 bits per heavy atom. The highest BCUT2D eigenvalue weighted by Crippen LogP contribution is 2.10. The number of aryl methyl sites for hydroxylation is 1. The standard InChI is InChI=1S/C16H21FN2O3/c17-12-8-6-11(7-9-12)3-1-4-14(16(21)22)19-15(20)13-5-2-10-18-13/h6-9,13-14,18H,1-5,10H2,(H,19,20)(H,21,22)/t13-,14?/m0/s1. The van der Waals surface area contributed by atoms with E-state index in [2.05, 4.69) is 10.6 Å². The van der Waals surface area contributed by atoms with Crippen molar-refractivity contribution in [1.29, 1.82) is 0 Å². The lowest BCUT2D eigenvalue weighted by Gasteiger charge is -2.17. The maximum atomic E-state index is 12.8. The summed E-state index contributed by atoms with van der Waals surface area (Å²) >= 11 is 0. The molecule has 1 heterocycles. The fraction of sp³-hybridized carbons (Fsp3) is 0.500. The van der Waals surface area contributed by atoms with Crippen LogP contribution in [0.3, 0.4) is 0 Å². The molecule has 2 rings (SSSR count). The van der Waals surface area contributed by atoms with E-state index in [1.807, 2.05) is 0 Å². The van der Waals surface area contributed by atoms with Crippen molar-refractivity contribution in [3.8, 4) is 0 Å². The quantitative estimate of drug-likeness (QED) is 0.713. The number of hydrogen-bond acceptors (Lipinski definition) is 3. The van der Waals surface area contributed by atoms with Gasteiger partial charge in [-0.25, -0.2) is 9.18 Å². The maximum Gasteiger partial charge on any atom is 0.326 e.